The maximum atomic E-state index is 2.31. The lowest BCUT2D eigenvalue weighted by molar-refractivity contribution is 1.91. The zero-order chi connectivity index (χ0) is 3.58. The fourth-order valence-electron chi connectivity index (χ4n) is 0. The number of hydrogen-bond acceptors (Lipinski definition) is 0. The Bertz CT molecular complexity index is 11.6. The van der Waals surface area contributed by atoms with E-state index in [2.05, 4.69) is 17.4 Å². The molecule has 0 aromatic rings. The molecule has 0 spiro atoms. The highest BCUT2D eigenvalue weighted by atomic mass is 35.5. The van der Waals surface area contributed by atoms with Crippen LogP contribution in [0.2, 0.25) is 17.4 Å². The molecule has 5 heavy (non-hydrogen) atoms. The summed E-state index contributed by atoms with van der Waals surface area (Å²) in [4.78, 5) is 0. The topological polar surface area (TPSA) is 0 Å². The van der Waals surface area contributed by atoms with E-state index in [4.69, 9.17) is 0 Å². The van der Waals surface area contributed by atoms with Gasteiger partial charge in [0.2, 0.25) is 0 Å². The summed E-state index contributed by atoms with van der Waals surface area (Å²) in [5.41, 5.74) is 0. The maximum Gasteiger partial charge on any atom is 0.251 e. The molecule has 0 rings (SSSR count). The van der Waals surface area contributed by atoms with Crippen molar-refractivity contribution in [1.29, 1.82) is 0 Å². The number of rotatable bonds is 0. The minimum absolute atomic E-state index is 0. The fraction of sp³-hybridized carbons (Fsp3) is 1.00. The van der Waals surface area contributed by atoms with E-state index in [-0.39, 0.29) is 26.6 Å². The third-order valence-corrected chi connectivity index (χ3v) is 0. The maximum absolute atomic E-state index is 2.31. The average Bonchev–Trinajstić information content (AvgIpc) is 0.811. The van der Waals surface area contributed by atoms with E-state index in [9.17, 15) is 0 Å². The first-order valence-corrected chi connectivity index (χ1v) is 5.20. The number of halogens is 1. The zero-order valence-electron chi connectivity index (χ0n) is 3.99. The van der Waals surface area contributed by atoms with Crippen molar-refractivity contribution in [1.82, 2.24) is 0 Å². The highest BCUT2D eigenvalue weighted by molar-refractivity contribution is 6.54. The van der Waals surface area contributed by atoms with E-state index in [0.717, 1.165) is 0 Å². The van der Waals surface area contributed by atoms with Crippen molar-refractivity contribution in [2.24, 2.45) is 0 Å². The SMILES string of the molecule is Cl.[CH3][Al]([CH3])[CH3]. The molecule has 0 nitrogen and oxygen atoms in total. The van der Waals surface area contributed by atoms with Crippen LogP contribution in [0.4, 0.5) is 0 Å². The van der Waals surface area contributed by atoms with Crippen LogP contribution < -0.4 is 0 Å². The lowest BCUT2D eigenvalue weighted by Crippen LogP contribution is -1.84. The van der Waals surface area contributed by atoms with Crippen LogP contribution in [-0.4, -0.2) is 14.1 Å². The van der Waals surface area contributed by atoms with E-state index in [1.165, 1.54) is 0 Å². The van der Waals surface area contributed by atoms with E-state index >= 15 is 0 Å². The third-order valence-electron chi connectivity index (χ3n) is 0. The highest BCUT2D eigenvalue weighted by Gasteiger charge is 1.81. The minimum atomic E-state index is -0.139. The van der Waals surface area contributed by atoms with Crippen LogP contribution in [0.3, 0.4) is 0 Å². The van der Waals surface area contributed by atoms with Crippen molar-refractivity contribution >= 4 is 26.6 Å². The van der Waals surface area contributed by atoms with Crippen molar-refractivity contribution in [2.75, 3.05) is 0 Å². The Kier molecular flexibility index (Phi) is 8.94. The van der Waals surface area contributed by atoms with Gasteiger partial charge in [0.05, 0.1) is 0 Å². The highest BCUT2D eigenvalue weighted by Crippen LogP contribution is 1.68. The van der Waals surface area contributed by atoms with Crippen LogP contribution in [0.15, 0.2) is 0 Å². The quantitative estimate of drug-likeness (QED) is 0.415. The molecule has 0 aromatic heterocycles. The average molecular weight is 109 g/mol. The lowest BCUT2D eigenvalue weighted by atomic mass is 11.8. The molecule has 32 valence electrons. The minimum Gasteiger partial charge on any atom is -0.147 e. The van der Waals surface area contributed by atoms with Crippen LogP contribution in [0.5, 0.6) is 0 Å². The van der Waals surface area contributed by atoms with Gasteiger partial charge in [-0.3, -0.25) is 0 Å². The van der Waals surface area contributed by atoms with E-state index < -0.39 is 0 Å². The van der Waals surface area contributed by atoms with Crippen LogP contribution in [0.1, 0.15) is 0 Å². The largest absolute Gasteiger partial charge is 0.251 e. The molecule has 0 N–H and O–H groups in total. The van der Waals surface area contributed by atoms with Crippen molar-refractivity contribution in [3.63, 3.8) is 0 Å². The molecule has 0 bridgehead atoms. The first-order valence-electron chi connectivity index (χ1n) is 1.73. The molecule has 0 aliphatic heterocycles. The van der Waals surface area contributed by atoms with Gasteiger partial charge < -0.3 is 0 Å². The lowest BCUT2D eigenvalue weighted by Gasteiger charge is -1.67. The van der Waals surface area contributed by atoms with Gasteiger partial charge in [0, 0.05) is 0 Å². The second kappa shape index (κ2) is 4.82. The molecule has 0 aliphatic carbocycles. The second-order valence-corrected chi connectivity index (χ2v) is 5.20. The van der Waals surface area contributed by atoms with Crippen LogP contribution in [-0.2, 0) is 0 Å². The first-order chi connectivity index (χ1) is 1.73. The Morgan fingerprint density at radius 2 is 1.00 bits per heavy atom. The molecule has 0 saturated carbocycles. The predicted octanol–water partition coefficient (Wildman–Crippen LogP) is 1.79. The van der Waals surface area contributed by atoms with Gasteiger partial charge in [-0.1, -0.05) is 0 Å². The van der Waals surface area contributed by atoms with E-state index in [1.54, 1.807) is 0 Å². The van der Waals surface area contributed by atoms with Gasteiger partial charge in [0.15, 0.2) is 0 Å². The predicted molar refractivity (Wildman–Crippen MR) is 30.6 cm³/mol. The Labute approximate surface area is 44.4 Å². The Hall–Kier alpha value is 0.822. The molecule has 2 heteroatoms. The molecule has 0 amide bonds. The second-order valence-electron chi connectivity index (χ2n) is 1.73. The first kappa shape index (κ1) is 9.27. The van der Waals surface area contributed by atoms with Gasteiger partial charge in [0.25, 0.3) is 14.1 Å². The standard InChI is InChI=1S/3CH3.Al.ClH/h3*1H3;;1H. The molecule has 0 unspecified atom stereocenters. The van der Waals surface area contributed by atoms with E-state index in [1.807, 2.05) is 0 Å². The number of hydrogen-bond donors (Lipinski definition) is 0. The summed E-state index contributed by atoms with van der Waals surface area (Å²) in [7, 11) is 0. The Morgan fingerprint density at radius 3 is 1.00 bits per heavy atom. The summed E-state index contributed by atoms with van der Waals surface area (Å²) in [6, 6.07) is 0. The van der Waals surface area contributed by atoms with Gasteiger partial charge in [-0.25, -0.2) is 0 Å². The van der Waals surface area contributed by atoms with E-state index in [0.29, 0.717) is 0 Å². The Balaban J connectivity index is 0. The fourth-order valence-corrected chi connectivity index (χ4v) is 0. The molecule has 0 fully saturated rings. The molecule has 0 atom stereocenters. The molecular formula is C3H10AlCl. The van der Waals surface area contributed by atoms with Gasteiger partial charge in [-0.15, -0.1) is 29.8 Å². The van der Waals surface area contributed by atoms with Gasteiger partial charge in [0.1, 0.15) is 0 Å². The van der Waals surface area contributed by atoms with Gasteiger partial charge >= 0.3 is 0 Å². The summed E-state index contributed by atoms with van der Waals surface area (Å²) < 4.78 is 0. The molecular weight excluding hydrogens is 98.5 g/mol. The molecule has 0 saturated heterocycles. The normalized spacial score (nSPS) is 5.40. The van der Waals surface area contributed by atoms with Crippen molar-refractivity contribution < 1.29 is 0 Å². The van der Waals surface area contributed by atoms with Gasteiger partial charge in [-0.05, 0) is 0 Å². The summed E-state index contributed by atoms with van der Waals surface area (Å²) in [5.74, 6) is 6.92. The smallest absolute Gasteiger partial charge is 0.147 e. The van der Waals surface area contributed by atoms with Crippen molar-refractivity contribution in [3.8, 4) is 0 Å². The van der Waals surface area contributed by atoms with Crippen LogP contribution in [0, 0.1) is 0 Å². The van der Waals surface area contributed by atoms with Crippen molar-refractivity contribution in [3.05, 3.63) is 0 Å². The molecule has 0 heterocycles. The van der Waals surface area contributed by atoms with Crippen molar-refractivity contribution in [2.45, 2.75) is 17.4 Å². The zero-order valence-corrected chi connectivity index (χ0v) is 5.96. The summed E-state index contributed by atoms with van der Waals surface area (Å²) >= 11 is -0.139. The van der Waals surface area contributed by atoms with Gasteiger partial charge in [-0.2, -0.15) is 0 Å². The summed E-state index contributed by atoms with van der Waals surface area (Å²) in [5, 5.41) is 0. The third kappa shape index (κ3) is 56.8. The molecule has 0 aromatic carbocycles. The monoisotopic (exact) mass is 108 g/mol. The Morgan fingerprint density at radius 1 is 1.00 bits per heavy atom. The van der Waals surface area contributed by atoms with Crippen LogP contribution in [0.25, 0.3) is 0 Å². The molecule has 0 aliphatic rings. The molecule has 0 radical (unpaired) electrons. The summed E-state index contributed by atoms with van der Waals surface area (Å²) in [6.07, 6.45) is 0. The van der Waals surface area contributed by atoms with Crippen LogP contribution >= 0.6 is 12.4 Å². The summed E-state index contributed by atoms with van der Waals surface area (Å²) in [6.45, 7) is 0.